The number of hydrogen-bond acceptors (Lipinski definition) is 1. The minimum absolute atomic E-state index is 0.109. The highest BCUT2D eigenvalue weighted by Crippen LogP contribution is 2.36. The fraction of sp³-hybridized carbons (Fsp3) is 0.462. The molecule has 0 saturated carbocycles. The number of hydrogen-bond donors (Lipinski definition) is 0. The van der Waals surface area contributed by atoms with Crippen LogP contribution in [0.2, 0.25) is 0 Å². The largest absolute Gasteiger partial charge is 0.328 e. The van der Waals surface area contributed by atoms with Crippen LogP contribution in [0.15, 0.2) is 23.0 Å². The summed E-state index contributed by atoms with van der Waals surface area (Å²) in [6.45, 7) is 5.34. The van der Waals surface area contributed by atoms with E-state index >= 15 is 0 Å². The van der Waals surface area contributed by atoms with Crippen molar-refractivity contribution >= 4 is 11.0 Å². The molecule has 84 valence electrons. The first-order chi connectivity index (χ1) is 7.52. The van der Waals surface area contributed by atoms with Gasteiger partial charge in [0.2, 0.25) is 0 Å². The number of nitrogens with zero attached hydrogens (tertiary/aromatic N) is 2. The SMILES string of the molecule is Cn1c(=O)n2c3c(cccc31)C(C)(C)CC2. The van der Waals surface area contributed by atoms with Gasteiger partial charge in [0.25, 0.3) is 0 Å². The summed E-state index contributed by atoms with van der Waals surface area (Å²) in [5.74, 6) is 0. The highest BCUT2D eigenvalue weighted by Gasteiger charge is 2.30. The molecular formula is C13H16N2O. The molecule has 0 unspecified atom stereocenters. The van der Waals surface area contributed by atoms with E-state index in [0.29, 0.717) is 0 Å². The fourth-order valence-corrected chi connectivity index (χ4v) is 2.74. The molecule has 1 aromatic heterocycles. The van der Waals surface area contributed by atoms with E-state index in [1.54, 1.807) is 4.57 Å². The average molecular weight is 216 g/mol. The molecular weight excluding hydrogens is 200 g/mol. The summed E-state index contributed by atoms with van der Waals surface area (Å²) < 4.78 is 3.66. The van der Waals surface area contributed by atoms with Gasteiger partial charge in [0, 0.05) is 13.6 Å². The van der Waals surface area contributed by atoms with E-state index in [-0.39, 0.29) is 11.1 Å². The minimum Gasteiger partial charge on any atom is -0.295 e. The van der Waals surface area contributed by atoms with Crippen molar-refractivity contribution in [1.82, 2.24) is 9.13 Å². The van der Waals surface area contributed by atoms with Crippen molar-refractivity contribution in [2.75, 3.05) is 0 Å². The second-order valence-electron chi connectivity index (χ2n) is 5.30. The maximum atomic E-state index is 12.0. The second-order valence-corrected chi connectivity index (χ2v) is 5.30. The summed E-state index contributed by atoms with van der Waals surface area (Å²) >= 11 is 0. The average Bonchev–Trinajstić information content (AvgIpc) is 2.49. The van der Waals surface area contributed by atoms with Crippen molar-refractivity contribution in [3.05, 3.63) is 34.2 Å². The van der Waals surface area contributed by atoms with Crippen LogP contribution in [0.5, 0.6) is 0 Å². The molecule has 16 heavy (non-hydrogen) atoms. The normalized spacial score (nSPS) is 17.9. The van der Waals surface area contributed by atoms with Crippen LogP contribution in [0.25, 0.3) is 11.0 Å². The summed E-state index contributed by atoms with van der Waals surface area (Å²) in [6.07, 6.45) is 1.03. The predicted molar refractivity (Wildman–Crippen MR) is 64.8 cm³/mol. The number of benzene rings is 1. The third-order valence-electron chi connectivity index (χ3n) is 3.85. The molecule has 3 nitrogen and oxygen atoms in total. The highest BCUT2D eigenvalue weighted by atomic mass is 16.1. The van der Waals surface area contributed by atoms with Crippen LogP contribution in [0, 0.1) is 0 Å². The number of aryl methyl sites for hydroxylation is 2. The molecule has 0 fully saturated rings. The Morgan fingerprint density at radius 2 is 2.06 bits per heavy atom. The van der Waals surface area contributed by atoms with E-state index in [0.717, 1.165) is 24.0 Å². The molecule has 0 aliphatic carbocycles. The van der Waals surface area contributed by atoms with Gasteiger partial charge in [-0.15, -0.1) is 0 Å². The van der Waals surface area contributed by atoms with Gasteiger partial charge >= 0.3 is 5.69 Å². The van der Waals surface area contributed by atoms with Crippen molar-refractivity contribution in [1.29, 1.82) is 0 Å². The molecule has 1 aromatic carbocycles. The van der Waals surface area contributed by atoms with Crippen LogP contribution in [-0.2, 0) is 19.0 Å². The number of para-hydroxylation sites is 1. The molecule has 0 amide bonds. The van der Waals surface area contributed by atoms with Gasteiger partial charge in [0.1, 0.15) is 0 Å². The highest BCUT2D eigenvalue weighted by molar-refractivity contribution is 5.81. The van der Waals surface area contributed by atoms with Gasteiger partial charge in [-0.25, -0.2) is 4.79 Å². The molecule has 0 atom stereocenters. The quantitative estimate of drug-likeness (QED) is 0.662. The summed E-state index contributed by atoms with van der Waals surface area (Å²) in [5, 5.41) is 0. The van der Waals surface area contributed by atoms with E-state index in [1.165, 1.54) is 5.56 Å². The first-order valence-corrected chi connectivity index (χ1v) is 5.71. The Bertz CT molecular complexity index is 631. The molecule has 2 heterocycles. The first-order valence-electron chi connectivity index (χ1n) is 5.71. The van der Waals surface area contributed by atoms with Crippen molar-refractivity contribution in [2.24, 2.45) is 7.05 Å². The Balaban J connectivity index is 2.56. The molecule has 3 rings (SSSR count). The van der Waals surface area contributed by atoms with Crippen molar-refractivity contribution in [3.63, 3.8) is 0 Å². The monoisotopic (exact) mass is 216 g/mol. The Hall–Kier alpha value is -1.51. The lowest BCUT2D eigenvalue weighted by Crippen LogP contribution is -2.30. The van der Waals surface area contributed by atoms with E-state index in [2.05, 4.69) is 26.0 Å². The van der Waals surface area contributed by atoms with Gasteiger partial charge < -0.3 is 0 Å². The third kappa shape index (κ3) is 1.01. The lowest BCUT2D eigenvalue weighted by atomic mass is 9.79. The molecule has 0 saturated heterocycles. The zero-order valence-corrected chi connectivity index (χ0v) is 9.95. The summed E-state index contributed by atoms with van der Waals surface area (Å²) in [6, 6.07) is 6.23. The molecule has 0 spiro atoms. The maximum Gasteiger partial charge on any atom is 0.328 e. The van der Waals surface area contributed by atoms with Crippen LogP contribution in [-0.4, -0.2) is 9.13 Å². The van der Waals surface area contributed by atoms with Gasteiger partial charge in [-0.05, 0) is 23.5 Å². The Morgan fingerprint density at radius 3 is 2.81 bits per heavy atom. The van der Waals surface area contributed by atoms with E-state index < -0.39 is 0 Å². The van der Waals surface area contributed by atoms with Crippen LogP contribution in [0.3, 0.4) is 0 Å². The van der Waals surface area contributed by atoms with Gasteiger partial charge in [0.05, 0.1) is 11.0 Å². The van der Waals surface area contributed by atoms with Crippen molar-refractivity contribution in [3.8, 4) is 0 Å². The van der Waals surface area contributed by atoms with Gasteiger partial charge in [-0.2, -0.15) is 0 Å². The summed E-state index contributed by atoms with van der Waals surface area (Å²) in [7, 11) is 1.85. The van der Waals surface area contributed by atoms with Crippen LogP contribution < -0.4 is 5.69 Å². The number of rotatable bonds is 0. The Labute approximate surface area is 94.3 Å². The van der Waals surface area contributed by atoms with Gasteiger partial charge in [-0.1, -0.05) is 26.0 Å². The van der Waals surface area contributed by atoms with Gasteiger partial charge in [-0.3, -0.25) is 9.13 Å². The van der Waals surface area contributed by atoms with Crippen molar-refractivity contribution < 1.29 is 0 Å². The fourth-order valence-electron chi connectivity index (χ4n) is 2.74. The zero-order chi connectivity index (χ0) is 11.5. The standard InChI is InChI=1S/C13H16N2O/c1-13(2)7-8-15-11-9(13)5-4-6-10(11)14(3)12(15)16/h4-6H,7-8H2,1-3H3. The molecule has 0 radical (unpaired) electrons. The summed E-state index contributed by atoms with van der Waals surface area (Å²) in [4.78, 5) is 12.0. The van der Waals surface area contributed by atoms with Gasteiger partial charge in [0.15, 0.2) is 0 Å². The lowest BCUT2D eigenvalue weighted by molar-refractivity contribution is 0.417. The van der Waals surface area contributed by atoms with Crippen LogP contribution >= 0.6 is 0 Å². The topological polar surface area (TPSA) is 26.9 Å². The molecule has 1 aliphatic heterocycles. The molecule has 2 aromatic rings. The third-order valence-corrected chi connectivity index (χ3v) is 3.85. The lowest BCUT2D eigenvalue weighted by Gasteiger charge is -2.30. The smallest absolute Gasteiger partial charge is 0.295 e. The predicted octanol–water partition coefficient (Wildman–Crippen LogP) is 2.02. The van der Waals surface area contributed by atoms with E-state index in [9.17, 15) is 4.79 Å². The Kier molecular flexibility index (Phi) is 1.69. The first kappa shape index (κ1) is 9.70. The number of imidazole rings is 1. The van der Waals surface area contributed by atoms with Crippen molar-refractivity contribution in [2.45, 2.75) is 32.2 Å². The van der Waals surface area contributed by atoms with Crippen LogP contribution in [0.4, 0.5) is 0 Å². The zero-order valence-electron chi connectivity index (χ0n) is 9.95. The van der Waals surface area contributed by atoms with E-state index in [1.807, 2.05) is 17.7 Å². The number of aromatic nitrogens is 2. The maximum absolute atomic E-state index is 12.0. The molecule has 3 heteroatoms. The molecule has 1 aliphatic rings. The second kappa shape index (κ2) is 2.78. The molecule has 0 N–H and O–H groups in total. The Morgan fingerprint density at radius 1 is 1.31 bits per heavy atom. The molecule has 0 bridgehead atoms. The van der Waals surface area contributed by atoms with E-state index in [4.69, 9.17) is 0 Å². The minimum atomic E-state index is 0.109. The summed E-state index contributed by atoms with van der Waals surface area (Å²) in [5.41, 5.74) is 3.77. The van der Waals surface area contributed by atoms with Crippen LogP contribution in [0.1, 0.15) is 25.8 Å².